The van der Waals surface area contributed by atoms with Gasteiger partial charge in [0, 0.05) is 24.2 Å². The summed E-state index contributed by atoms with van der Waals surface area (Å²) in [5, 5.41) is 2.98. The summed E-state index contributed by atoms with van der Waals surface area (Å²) in [4.78, 5) is 19.4. The highest BCUT2D eigenvalue weighted by atomic mass is 16.5. The minimum atomic E-state index is -0.256. The van der Waals surface area contributed by atoms with E-state index in [0.29, 0.717) is 19.0 Å². The van der Waals surface area contributed by atoms with E-state index in [2.05, 4.69) is 29.0 Å². The molecule has 0 aliphatic carbocycles. The Labute approximate surface area is 195 Å². The van der Waals surface area contributed by atoms with Crippen molar-refractivity contribution in [3.8, 4) is 11.5 Å². The fraction of sp³-hybridized carbons (Fsp3) is 0.385. The number of nitrogens with one attached hydrogen (secondary N) is 1. The quantitative estimate of drug-likeness (QED) is 0.443. The van der Waals surface area contributed by atoms with Crippen LogP contribution in [0.25, 0.3) is 0 Å². The van der Waals surface area contributed by atoms with E-state index in [4.69, 9.17) is 13.9 Å². The molecule has 1 amide bonds. The van der Waals surface area contributed by atoms with Crippen LogP contribution in [0.3, 0.4) is 0 Å². The predicted octanol–water partition coefficient (Wildman–Crippen LogP) is 4.98. The molecular formula is C26H33N3O4. The number of hydrogen-bond donors (Lipinski definition) is 1. The lowest BCUT2D eigenvalue weighted by molar-refractivity contribution is 0.0934. The number of amides is 1. The normalized spacial score (nSPS) is 12.9. The number of aromatic nitrogens is 1. The number of ether oxygens (including phenoxy) is 2. The van der Waals surface area contributed by atoms with E-state index in [0.717, 1.165) is 29.0 Å². The minimum absolute atomic E-state index is 0.127. The van der Waals surface area contributed by atoms with Crippen LogP contribution in [-0.2, 0) is 13.1 Å². The molecule has 3 aromatic rings. The summed E-state index contributed by atoms with van der Waals surface area (Å²) in [5.41, 5.74) is 2.35. The van der Waals surface area contributed by atoms with Crippen molar-refractivity contribution in [2.75, 3.05) is 14.2 Å². The summed E-state index contributed by atoms with van der Waals surface area (Å²) < 4.78 is 16.5. The molecule has 0 aliphatic heterocycles. The standard InChI is InChI=1S/C26H33N3O4/c1-6-18(2)29(15-21-12-13-22(31-4)14-24(21)32-5)16-25-28-23(17-33-25)26(30)27-19(3)20-10-8-7-9-11-20/h7-14,17-19H,6,15-16H2,1-5H3,(H,27,30)/t18-,19+/m1/s1. The van der Waals surface area contributed by atoms with Crippen molar-refractivity contribution in [3.63, 3.8) is 0 Å². The van der Waals surface area contributed by atoms with Gasteiger partial charge in [0.15, 0.2) is 5.69 Å². The molecule has 0 aliphatic rings. The summed E-state index contributed by atoms with van der Waals surface area (Å²) >= 11 is 0. The van der Waals surface area contributed by atoms with Crippen molar-refractivity contribution in [3.05, 3.63) is 77.5 Å². The van der Waals surface area contributed by atoms with Gasteiger partial charge in [-0.3, -0.25) is 9.69 Å². The molecule has 2 atom stereocenters. The Morgan fingerprint density at radius 1 is 1.09 bits per heavy atom. The number of oxazole rings is 1. The average molecular weight is 452 g/mol. The molecule has 0 spiro atoms. The highest BCUT2D eigenvalue weighted by Crippen LogP contribution is 2.27. The molecule has 2 aromatic carbocycles. The highest BCUT2D eigenvalue weighted by molar-refractivity contribution is 5.92. The Morgan fingerprint density at radius 2 is 1.85 bits per heavy atom. The highest BCUT2D eigenvalue weighted by Gasteiger charge is 2.21. The van der Waals surface area contributed by atoms with Crippen molar-refractivity contribution < 1.29 is 18.7 Å². The molecule has 176 valence electrons. The second-order valence-corrected chi connectivity index (χ2v) is 8.07. The van der Waals surface area contributed by atoms with Gasteiger partial charge in [0.2, 0.25) is 5.89 Å². The number of methoxy groups -OCH3 is 2. The van der Waals surface area contributed by atoms with Crippen LogP contribution in [0, 0.1) is 0 Å². The number of carbonyl (C=O) groups is 1. The lowest BCUT2D eigenvalue weighted by Crippen LogP contribution is -2.32. The average Bonchev–Trinajstić information content (AvgIpc) is 3.32. The number of benzene rings is 2. The maximum atomic E-state index is 12.7. The van der Waals surface area contributed by atoms with Crippen molar-refractivity contribution in [2.45, 2.75) is 52.4 Å². The van der Waals surface area contributed by atoms with Gasteiger partial charge in [-0.2, -0.15) is 0 Å². The van der Waals surface area contributed by atoms with Gasteiger partial charge in [-0.15, -0.1) is 0 Å². The van der Waals surface area contributed by atoms with Crippen molar-refractivity contribution >= 4 is 5.91 Å². The molecule has 0 radical (unpaired) electrons. The summed E-state index contributed by atoms with van der Waals surface area (Å²) in [5.74, 6) is 1.76. The molecule has 0 bridgehead atoms. The van der Waals surface area contributed by atoms with Crippen LogP contribution < -0.4 is 14.8 Å². The van der Waals surface area contributed by atoms with Crippen LogP contribution in [0.5, 0.6) is 11.5 Å². The first-order valence-electron chi connectivity index (χ1n) is 11.2. The van der Waals surface area contributed by atoms with Crippen LogP contribution in [0.4, 0.5) is 0 Å². The number of carbonyl (C=O) groups excluding carboxylic acids is 1. The Hall–Kier alpha value is -3.32. The third-order valence-corrected chi connectivity index (χ3v) is 5.85. The van der Waals surface area contributed by atoms with Crippen LogP contribution in [-0.4, -0.2) is 36.1 Å². The van der Waals surface area contributed by atoms with E-state index in [9.17, 15) is 4.79 Å². The van der Waals surface area contributed by atoms with Gasteiger partial charge in [0.25, 0.3) is 5.91 Å². The van der Waals surface area contributed by atoms with Gasteiger partial charge in [-0.1, -0.05) is 43.3 Å². The first-order valence-corrected chi connectivity index (χ1v) is 11.2. The van der Waals surface area contributed by atoms with E-state index >= 15 is 0 Å². The van der Waals surface area contributed by atoms with Gasteiger partial charge in [0.1, 0.15) is 17.8 Å². The lowest BCUT2D eigenvalue weighted by atomic mass is 10.1. The number of nitrogens with zero attached hydrogens (tertiary/aromatic N) is 2. The number of rotatable bonds is 11. The van der Waals surface area contributed by atoms with Gasteiger partial charge in [-0.25, -0.2) is 4.98 Å². The molecule has 0 fully saturated rings. The zero-order valence-corrected chi connectivity index (χ0v) is 20.0. The molecule has 1 N–H and O–H groups in total. The first kappa shape index (κ1) is 24.3. The van der Waals surface area contributed by atoms with E-state index in [1.807, 2.05) is 55.5 Å². The molecule has 1 aromatic heterocycles. The van der Waals surface area contributed by atoms with Gasteiger partial charge in [-0.05, 0) is 31.9 Å². The van der Waals surface area contributed by atoms with Gasteiger partial charge >= 0.3 is 0 Å². The Bertz CT molecular complexity index is 1040. The molecule has 3 rings (SSSR count). The second-order valence-electron chi connectivity index (χ2n) is 8.07. The molecule has 0 unspecified atom stereocenters. The predicted molar refractivity (Wildman–Crippen MR) is 127 cm³/mol. The zero-order valence-electron chi connectivity index (χ0n) is 20.0. The second kappa shape index (κ2) is 11.5. The third-order valence-electron chi connectivity index (χ3n) is 5.85. The summed E-state index contributed by atoms with van der Waals surface area (Å²) in [7, 11) is 3.29. The lowest BCUT2D eigenvalue weighted by Gasteiger charge is -2.27. The maximum Gasteiger partial charge on any atom is 0.273 e. The largest absolute Gasteiger partial charge is 0.497 e. The molecule has 33 heavy (non-hydrogen) atoms. The monoisotopic (exact) mass is 451 g/mol. The van der Waals surface area contributed by atoms with E-state index in [1.54, 1.807) is 14.2 Å². The third kappa shape index (κ3) is 6.35. The minimum Gasteiger partial charge on any atom is -0.497 e. The SMILES string of the molecule is CC[C@@H](C)N(Cc1nc(C(=O)N[C@@H](C)c2ccccc2)co1)Cc1ccc(OC)cc1OC. The fourth-order valence-electron chi connectivity index (χ4n) is 3.58. The van der Waals surface area contributed by atoms with E-state index in [-0.39, 0.29) is 23.7 Å². The molecule has 0 saturated carbocycles. The van der Waals surface area contributed by atoms with Gasteiger partial charge < -0.3 is 19.2 Å². The first-order chi connectivity index (χ1) is 15.9. The topological polar surface area (TPSA) is 76.8 Å². The van der Waals surface area contributed by atoms with E-state index < -0.39 is 0 Å². The Balaban J connectivity index is 1.70. The van der Waals surface area contributed by atoms with Crippen molar-refractivity contribution in [1.82, 2.24) is 15.2 Å². The number of hydrogen-bond acceptors (Lipinski definition) is 6. The zero-order chi connectivity index (χ0) is 23.8. The Morgan fingerprint density at radius 3 is 2.52 bits per heavy atom. The van der Waals surface area contributed by atoms with Crippen molar-refractivity contribution in [2.24, 2.45) is 0 Å². The van der Waals surface area contributed by atoms with Crippen LogP contribution in [0.1, 0.15) is 60.7 Å². The van der Waals surface area contributed by atoms with Crippen LogP contribution >= 0.6 is 0 Å². The molecule has 7 nitrogen and oxygen atoms in total. The Kier molecular flexibility index (Phi) is 8.49. The van der Waals surface area contributed by atoms with Crippen LogP contribution in [0.2, 0.25) is 0 Å². The summed E-state index contributed by atoms with van der Waals surface area (Å²) in [6.07, 6.45) is 2.38. The van der Waals surface area contributed by atoms with Crippen molar-refractivity contribution in [1.29, 1.82) is 0 Å². The summed E-state index contributed by atoms with van der Waals surface area (Å²) in [6.45, 7) is 7.38. The molecule has 0 saturated heterocycles. The molecule has 1 heterocycles. The molecular weight excluding hydrogens is 418 g/mol. The summed E-state index contributed by atoms with van der Waals surface area (Å²) in [6, 6.07) is 15.8. The van der Waals surface area contributed by atoms with Gasteiger partial charge in [0.05, 0.1) is 26.8 Å². The smallest absolute Gasteiger partial charge is 0.273 e. The van der Waals surface area contributed by atoms with E-state index in [1.165, 1.54) is 6.26 Å². The molecule has 7 heteroatoms. The van der Waals surface area contributed by atoms with Crippen LogP contribution in [0.15, 0.2) is 59.2 Å². The fourth-order valence-corrected chi connectivity index (χ4v) is 3.58. The maximum absolute atomic E-state index is 12.7.